The first-order valence-electron chi connectivity index (χ1n) is 9.02. The summed E-state index contributed by atoms with van der Waals surface area (Å²) in [6.07, 6.45) is -4.59. The topological polar surface area (TPSA) is 54.0 Å². The van der Waals surface area contributed by atoms with Gasteiger partial charge in [-0.2, -0.15) is 13.2 Å². The fourth-order valence-electron chi connectivity index (χ4n) is 2.94. The average molecular weight is 409 g/mol. The quantitative estimate of drug-likeness (QED) is 0.787. The van der Waals surface area contributed by atoms with Crippen LogP contribution < -0.4 is 19.7 Å². The van der Waals surface area contributed by atoms with Gasteiger partial charge in [0, 0.05) is 32.9 Å². The van der Waals surface area contributed by atoms with Gasteiger partial charge in [0.05, 0.1) is 11.3 Å². The fourth-order valence-corrected chi connectivity index (χ4v) is 2.94. The zero-order valence-corrected chi connectivity index (χ0v) is 16.3. The minimum Gasteiger partial charge on any atom is -0.454 e. The number of amides is 2. The summed E-state index contributed by atoms with van der Waals surface area (Å²) in [7, 11) is 3.30. The molecule has 1 N–H and O–H groups in total. The van der Waals surface area contributed by atoms with Crippen molar-refractivity contribution >= 4 is 17.4 Å². The minimum absolute atomic E-state index is 0.139. The molecule has 0 bridgehead atoms. The standard InChI is InChI=1S/C20H22F3N3O3/c1-4-26(11-13-5-8-17-18(9-13)29-12-28-17)19(27)24-16-7-6-14(25(2)3)10-15(16)20(21,22)23/h5-10H,4,11-12H2,1-3H3,(H,24,27). The van der Waals surface area contributed by atoms with Crippen LogP contribution in [-0.4, -0.2) is 38.4 Å². The third-order valence-corrected chi connectivity index (χ3v) is 4.55. The predicted octanol–water partition coefficient (Wildman–Crippen LogP) is 4.55. The van der Waals surface area contributed by atoms with E-state index >= 15 is 0 Å². The molecular weight excluding hydrogens is 387 g/mol. The number of halogens is 3. The molecule has 0 atom stereocenters. The van der Waals surface area contributed by atoms with Crippen molar-refractivity contribution < 1.29 is 27.4 Å². The highest BCUT2D eigenvalue weighted by molar-refractivity contribution is 5.90. The Balaban J connectivity index is 1.79. The maximum Gasteiger partial charge on any atom is 0.418 e. The molecule has 156 valence electrons. The molecular formula is C20H22F3N3O3. The summed E-state index contributed by atoms with van der Waals surface area (Å²) in [4.78, 5) is 15.6. The van der Waals surface area contributed by atoms with Gasteiger partial charge < -0.3 is 24.6 Å². The first kappa shape index (κ1) is 20.6. The number of nitrogens with one attached hydrogen (secondary N) is 1. The van der Waals surface area contributed by atoms with Crippen LogP contribution in [0.3, 0.4) is 0 Å². The number of alkyl halides is 3. The molecule has 2 amide bonds. The maximum atomic E-state index is 13.5. The molecule has 0 saturated carbocycles. The molecule has 6 nitrogen and oxygen atoms in total. The van der Waals surface area contributed by atoms with Gasteiger partial charge in [-0.05, 0) is 42.8 Å². The number of ether oxygens (including phenoxy) is 2. The molecule has 0 unspecified atom stereocenters. The van der Waals surface area contributed by atoms with Crippen LogP contribution >= 0.6 is 0 Å². The van der Waals surface area contributed by atoms with Crippen molar-refractivity contribution in [1.82, 2.24) is 4.90 Å². The summed E-state index contributed by atoms with van der Waals surface area (Å²) < 4.78 is 51.1. The third kappa shape index (κ3) is 4.67. The van der Waals surface area contributed by atoms with Crippen molar-refractivity contribution in [3.05, 3.63) is 47.5 Å². The number of urea groups is 1. The summed E-state index contributed by atoms with van der Waals surface area (Å²) >= 11 is 0. The van der Waals surface area contributed by atoms with E-state index in [1.54, 1.807) is 44.1 Å². The molecule has 0 aliphatic carbocycles. The van der Waals surface area contributed by atoms with Crippen molar-refractivity contribution in [3.63, 3.8) is 0 Å². The van der Waals surface area contributed by atoms with E-state index in [1.165, 1.54) is 17.0 Å². The van der Waals surface area contributed by atoms with E-state index in [1.807, 2.05) is 0 Å². The smallest absolute Gasteiger partial charge is 0.418 e. The Morgan fingerprint density at radius 3 is 2.48 bits per heavy atom. The van der Waals surface area contributed by atoms with Crippen molar-refractivity contribution in [3.8, 4) is 11.5 Å². The summed E-state index contributed by atoms with van der Waals surface area (Å²) in [5.74, 6) is 1.20. The number of nitrogens with zero attached hydrogens (tertiary/aromatic N) is 2. The van der Waals surface area contributed by atoms with Crippen LogP contribution in [-0.2, 0) is 12.7 Å². The number of benzene rings is 2. The summed E-state index contributed by atoms with van der Waals surface area (Å²) in [6, 6.07) is 8.48. The van der Waals surface area contributed by atoms with Gasteiger partial charge in [0.25, 0.3) is 0 Å². The van der Waals surface area contributed by atoms with E-state index in [0.29, 0.717) is 23.7 Å². The molecule has 2 aromatic carbocycles. The second kappa shape index (κ2) is 8.10. The lowest BCUT2D eigenvalue weighted by atomic mass is 10.1. The molecule has 29 heavy (non-hydrogen) atoms. The Morgan fingerprint density at radius 2 is 1.83 bits per heavy atom. The van der Waals surface area contributed by atoms with E-state index in [4.69, 9.17) is 9.47 Å². The van der Waals surface area contributed by atoms with E-state index in [-0.39, 0.29) is 19.0 Å². The number of carbonyl (C=O) groups is 1. The number of anilines is 2. The molecule has 0 saturated heterocycles. The van der Waals surface area contributed by atoms with Gasteiger partial charge in [-0.3, -0.25) is 0 Å². The normalized spacial score (nSPS) is 12.6. The van der Waals surface area contributed by atoms with E-state index in [9.17, 15) is 18.0 Å². The van der Waals surface area contributed by atoms with Gasteiger partial charge in [-0.1, -0.05) is 6.07 Å². The Labute approximate surface area is 166 Å². The van der Waals surface area contributed by atoms with Crippen LogP contribution in [0.4, 0.5) is 29.3 Å². The largest absolute Gasteiger partial charge is 0.454 e. The van der Waals surface area contributed by atoms with Crippen molar-refractivity contribution in [2.75, 3.05) is 37.6 Å². The fraction of sp³-hybridized carbons (Fsp3) is 0.350. The highest BCUT2D eigenvalue weighted by Crippen LogP contribution is 2.37. The van der Waals surface area contributed by atoms with Gasteiger partial charge in [0.1, 0.15) is 0 Å². The number of fused-ring (bicyclic) bond motifs is 1. The van der Waals surface area contributed by atoms with E-state index in [2.05, 4.69) is 5.32 Å². The number of rotatable bonds is 5. The Hall–Kier alpha value is -3.10. The van der Waals surface area contributed by atoms with Gasteiger partial charge in [0.2, 0.25) is 6.79 Å². The van der Waals surface area contributed by atoms with Crippen LogP contribution in [0, 0.1) is 0 Å². The molecule has 0 aromatic heterocycles. The average Bonchev–Trinajstić information content (AvgIpc) is 3.13. The van der Waals surface area contributed by atoms with E-state index in [0.717, 1.165) is 11.6 Å². The first-order chi connectivity index (χ1) is 13.7. The molecule has 0 fully saturated rings. The monoisotopic (exact) mass is 409 g/mol. The number of hydrogen-bond acceptors (Lipinski definition) is 4. The highest BCUT2D eigenvalue weighted by Gasteiger charge is 2.34. The predicted molar refractivity (Wildman–Crippen MR) is 103 cm³/mol. The van der Waals surface area contributed by atoms with Gasteiger partial charge in [-0.15, -0.1) is 0 Å². The lowest BCUT2D eigenvalue weighted by molar-refractivity contribution is -0.136. The molecule has 1 aliphatic rings. The second-order valence-corrected chi connectivity index (χ2v) is 6.75. The van der Waals surface area contributed by atoms with Crippen LogP contribution in [0.25, 0.3) is 0 Å². The lowest BCUT2D eigenvalue weighted by Gasteiger charge is -2.24. The molecule has 0 spiro atoms. The summed E-state index contributed by atoms with van der Waals surface area (Å²) in [5, 5.41) is 2.40. The van der Waals surface area contributed by atoms with Gasteiger partial charge >= 0.3 is 12.2 Å². The Kier molecular flexibility index (Phi) is 5.76. The minimum atomic E-state index is -4.59. The molecule has 1 heterocycles. The lowest BCUT2D eigenvalue weighted by Crippen LogP contribution is -2.34. The Morgan fingerprint density at radius 1 is 1.10 bits per heavy atom. The molecule has 0 radical (unpaired) electrons. The summed E-state index contributed by atoms with van der Waals surface area (Å²) in [5.41, 5.74) is 0.00158. The van der Waals surface area contributed by atoms with E-state index < -0.39 is 17.8 Å². The van der Waals surface area contributed by atoms with Crippen LogP contribution in [0.2, 0.25) is 0 Å². The maximum absolute atomic E-state index is 13.5. The molecule has 1 aliphatic heterocycles. The SMILES string of the molecule is CCN(Cc1ccc2c(c1)OCO2)C(=O)Nc1ccc(N(C)C)cc1C(F)(F)F. The zero-order chi connectivity index (χ0) is 21.2. The van der Waals surface area contributed by atoms with Crippen molar-refractivity contribution in [1.29, 1.82) is 0 Å². The van der Waals surface area contributed by atoms with Crippen LogP contribution in [0.15, 0.2) is 36.4 Å². The van der Waals surface area contributed by atoms with Crippen molar-refractivity contribution in [2.45, 2.75) is 19.6 Å². The second-order valence-electron chi connectivity index (χ2n) is 6.75. The Bertz CT molecular complexity index is 900. The number of hydrogen-bond donors (Lipinski definition) is 1. The molecule has 2 aromatic rings. The van der Waals surface area contributed by atoms with Crippen LogP contribution in [0.5, 0.6) is 11.5 Å². The van der Waals surface area contributed by atoms with Crippen LogP contribution in [0.1, 0.15) is 18.1 Å². The zero-order valence-electron chi connectivity index (χ0n) is 16.3. The first-order valence-corrected chi connectivity index (χ1v) is 9.02. The number of carbonyl (C=O) groups excluding carboxylic acids is 1. The van der Waals surface area contributed by atoms with Crippen molar-refractivity contribution in [2.24, 2.45) is 0 Å². The third-order valence-electron chi connectivity index (χ3n) is 4.55. The summed E-state index contributed by atoms with van der Waals surface area (Å²) in [6.45, 7) is 2.43. The van der Waals surface area contributed by atoms with Gasteiger partial charge in [0.15, 0.2) is 11.5 Å². The molecule has 9 heteroatoms. The van der Waals surface area contributed by atoms with Gasteiger partial charge in [-0.25, -0.2) is 4.79 Å². The highest BCUT2D eigenvalue weighted by atomic mass is 19.4. The molecule has 3 rings (SSSR count).